The first-order valence-corrected chi connectivity index (χ1v) is 6.35. The number of hydrogen-bond donors (Lipinski definition) is 1. The van der Waals surface area contributed by atoms with Crippen molar-refractivity contribution in [2.75, 3.05) is 0 Å². The van der Waals surface area contributed by atoms with Gasteiger partial charge in [-0.3, -0.25) is 14.9 Å². The Kier molecular flexibility index (Phi) is 4.81. The molecule has 7 heteroatoms. The van der Waals surface area contributed by atoms with Crippen molar-refractivity contribution in [2.24, 2.45) is 0 Å². The molecule has 1 N–H and O–H groups in total. The smallest absolute Gasteiger partial charge is 0.335 e. The highest BCUT2D eigenvalue weighted by molar-refractivity contribution is 5.90. The molecule has 0 saturated carbocycles. The fourth-order valence-electron chi connectivity index (χ4n) is 1.78. The summed E-state index contributed by atoms with van der Waals surface area (Å²) in [5.41, 5.74) is 2.35. The molecule has 2 aromatic carbocycles. The van der Waals surface area contributed by atoms with Crippen LogP contribution in [-0.2, 0) is 16.1 Å². The van der Waals surface area contributed by atoms with Crippen LogP contribution in [0.15, 0.2) is 54.6 Å². The van der Waals surface area contributed by atoms with Crippen LogP contribution in [0, 0.1) is 10.1 Å². The van der Waals surface area contributed by atoms with Crippen LogP contribution in [-0.4, -0.2) is 16.8 Å². The Balaban J connectivity index is 1.94. The van der Waals surface area contributed by atoms with E-state index in [-0.39, 0.29) is 23.2 Å². The Labute approximate surface area is 125 Å². The quantitative estimate of drug-likeness (QED) is 0.688. The summed E-state index contributed by atoms with van der Waals surface area (Å²) in [6.45, 7) is 0. The molecule has 0 unspecified atom stereocenters. The van der Waals surface area contributed by atoms with Crippen molar-refractivity contribution in [1.29, 1.82) is 0 Å². The van der Waals surface area contributed by atoms with E-state index in [1.54, 1.807) is 24.3 Å². The van der Waals surface area contributed by atoms with Gasteiger partial charge < -0.3 is 4.84 Å². The minimum atomic E-state index is -0.712. The molecule has 0 saturated heterocycles. The Morgan fingerprint density at radius 1 is 1.05 bits per heavy atom. The van der Waals surface area contributed by atoms with E-state index in [4.69, 9.17) is 0 Å². The third-order valence-corrected chi connectivity index (χ3v) is 2.81. The van der Waals surface area contributed by atoms with E-state index in [1.165, 1.54) is 30.3 Å². The van der Waals surface area contributed by atoms with Crippen LogP contribution in [0.3, 0.4) is 0 Å². The first-order chi connectivity index (χ1) is 10.6. The number of carbonyl (C=O) groups is 2. The predicted octanol–water partition coefficient (Wildman–Crippen LogP) is 2.03. The second-order valence-corrected chi connectivity index (χ2v) is 4.34. The highest BCUT2D eigenvalue weighted by atomic mass is 16.7. The highest BCUT2D eigenvalue weighted by Gasteiger charge is 2.16. The second-order valence-electron chi connectivity index (χ2n) is 4.34. The van der Waals surface area contributed by atoms with Gasteiger partial charge >= 0.3 is 5.97 Å². The van der Waals surface area contributed by atoms with E-state index < -0.39 is 16.8 Å². The predicted molar refractivity (Wildman–Crippen MR) is 76.8 cm³/mol. The Morgan fingerprint density at radius 2 is 1.68 bits per heavy atom. The van der Waals surface area contributed by atoms with Gasteiger partial charge in [-0.25, -0.2) is 4.79 Å². The number of nitro groups is 1. The standard InChI is InChI=1S/C15H12N2O5/c18-14(10-12-8-4-5-9-13(12)17(20)21)16-22-15(19)11-6-2-1-3-7-11/h1-9H,10H2,(H,16,18). The minimum Gasteiger partial charge on any atom is -0.335 e. The lowest BCUT2D eigenvalue weighted by atomic mass is 10.1. The molecule has 22 heavy (non-hydrogen) atoms. The van der Waals surface area contributed by atoms with Gasteiger partial charge in [0.1, 0.15) is 0 Å². The summed E-state index contributed by atoms with van der Waals surface area (Å²) in [5.74, 6) is -1.37. The monoisotopic (exact) mass is 300 g/mol. The van der Waals surface area contributed by atoms with Gasteiger partial charge in [-0.2, -0.15) is 5.48 Å². The highest BCUT2D eigenvalue weighted by Crippen LogP contribution is 2.17. The molecule has 0 atom stereocenters. The summed E-state index contributed by atoms with van der Waals surface area (Å²) in [6.07, 6.45) is -0.265. The van der Waals surface area contributed by atoms with Crippen LogP contribution in [0.25, 0.3) is 0 Å². The zero-order chi connectivity index (χ0) is 15.9. The van der Waals surface area contributed by atoms with Gasteiger partial charge in [-0.05, 0) is 12.1 Å². The molecule has 0 aliphatic heterocycles. The van der Waals surface area contributed by atoms with Gasteiger partial charge in [-0.1, -0.05) is 36.4 Å². The third kappa shape index (κ3) is 3.89. The molecule has 2 aromatic rings. The summed E-state index contributed by atoms with van der Waals surface area (Å²) in [6, 6.07) is 14.0. The van der Waals surface area contributed by atoms with E-state index in [0.717, 1.165) is 0 Å². The van der Waals surface area contributed by atoms with Crippen molar-refractivity contribution in [3.05, 3.63) is 75.8 Å². The summed E-state index contributed by atoms with van der Waals surface area (Å²) in [4.78, 5) is 38.3. The lowest BCUT2D eigenvalue weighted by Crippen LogP contribution is -2.28. The Morgan fingerprint density at radius 3 is 2.36 bits per heavy atom. The van der Waals surface area contributed by atoms with Crippen molar-refractivity contribution in [3.63, 3.8) is 0 Å². The molecule has 0 aliphatic rings. The number of hydroxylamine groups is 1. The van der Waals surface area contributed by atoms with Crippen molar-refractivity contribution in [2.45, 2.75) is 6.42 Å². The van der Waals surface area contributed by atoms with E-state index in [9.17, 15) is 19.7 Å². The number of hydrogen-bond acceptors (Lipinski definition) is 5. The van der Waals surface area contributed by atoms with Gasteiger partial charge in [0.2, 0.25) is 0 Å². The van der Waals surface area contributed by atoms with Gasteiger partial charge in [0, 0.05) is 11.6 Å². The third-order valence-electron chi connectivity index (χ3n) is 2.81. The van der Waals surface area contributed by atoms with Crippen molar-refractivity contribution < 1.29 is 19.3 Å². The molecule has 0 heterocycles. The molecule has 7 nitrogen and oxygen atoms in total. The lowest BCUT2D eigenvalue weighted by molar-refractivity contribution is -0.385. The van der Waals surface area contributed by atoms with Crippen LogP contribution >= 0.6 is 0 Å². The lowest BCUT2D eigenvalue weighted by Gasteiger charge is -2.06. The zero-order valence-corrected chi connectivity index (χ0v) is 11.4. The van der Waals surface area contributed by atoms with Crippen molar-refractivity contribution >= 4 is 17.6 Å². The normalized spacial score (nSPS) is 9.82. The average molecular weight is 300 g/mol. The van der Waals surface area contributed by atoms with Gasteiger partial charge in [0.15, 0.2) is 0 Å². The number of nitrogens with zero attached hydrogens (tertiary/aromatic N) is 1. The number of rotatable bonds is 4. The first-order valence-electron chi connectivity index (χ1n) is 6.35. The molecule has 112 valence electrons. The topological polar surface area (TPSA) is 98.5 Å². The molecular weight excluding hydrogens is 288 g/mol. The van der Waals surface area contributed by atoms with Crippen LogP contribution < -0.4 is 5.48 Å². The number of nitrogens with one attached hydrogen (secondary N) is 1. The average Bonchev–Trinajstić information content (AvgIpc) is 2.53. The molecule has 0 spiro atoms. The molecule has 2 rings (SSSR count). The maximum absolute atomic E-state index is 11.7. The van der Waals surface area contributed by atoms with Crippen LogP contribution in [0.4, 0.5) is 5.69 Å². The van der Waals surface area contributed by atoms with E-state index >= 15 is 0 Å². The minimum absolute atomic E-state index is 0.160. The maximum Gasteiger partial charge on any atom is 0.362 e. The van der Waals surface area contributed by atoms with Gasteiger partial charge in [-0.15, -0.1) is 0 Å². The fourth-order valence-corrected chi connectivity index (χ4v) is 1.78. The molecular formula is C15H12N2O5. The van der Waals surface area contributed by atoms with Crippen molar-refractivity contribution in [3.8, 4) is 0 Å². The number of para-hydroxylation sites is 1. The molecule has 0 aliphatic carbocycles. The van der Waals surface area contributed by atoms with E-state index in [0.29, 0.717) is 0 Å². The Bertz CT molecular complexity index is 700. The van der Waals surface area contributed by atoms with Gasteiger partial charge in [0.25, 0.3) is 11.6 Å². The van der Waals surface area contributed by atoms with Crippen LogP contribution in [0.1, 0.15) is 15.9 Å². The first kappa shape index (κ1) is 15.2. The molecule has 0 bridgehead atoms. The van der Waals surface area contributed by atoms with Crippen molar-refractivity contribution in [1.82, 2.24) is 5.48 Å². The maximum atomic E-state index is 11.7. The molecule has 1 amide bonds. The second kappa shape index (κ2) is 6.98. The summed E-state index contributed by atoms with van der Waals surface area (Å²) in [7, 11) is 0. The molecule has 0 fully saturated rings. The number of nitro benzene ring substituents is 1. The zero-order valence-electron chi connectivity index (χ0n) is 11.4. The SMILES string of the molecule is O=C(Cc1ccccc1[N+](=O)[O-])NOC(=O)c1ccccc1. The fraction of sp³-hybridized carbons (Fsp3) is 0.0667. The van der Waals surface area contributed by atoms with Crippen LogP contribution in [0.5, 0.6) is 0 Å². The number of carbonyl (C=O) groups excluding carboxylic acids is 2. The number of amides is 1. The largest absolute Gasteiger partial charge is 0.362 e. The summed E-state index contributed by atoms with van der Waals surface area (Å²) >= 11 is 0. The number of benzene rings is 2. The van der Waals surface area contributed by atoms with E-state index in [2.05, 4.69) is 4.84 Å². The summed E-state index contributed by atoms with van der Waals surface area (Å²) < 4.78 is 0. The molecule has 0 radical (unpaired) electrons. The van der Waals surface area contributed by atoms with Crippen LogP contribution in [0.2, 0.25) is 0 Å². The Hall–Kier alpha value is -3.22. The molecule has 0 aromatic heterocycles. The summed E-state index contributed by atoms with van der Waals surface area (Å²) in [5, 5.41) is 10.8. The van der Waals surface area contributed by atoms with Gasteiger partial charge in [0.05, 0.1) is 16.9 Å². The van der Waals surface area contributed by atoms with E-state index in [1.807, 2.05) is 5.48 Å².